The van der Waals surface area contributed by atoms with E-state index in [4.69, 9.17) is 18.6 Å². The van der Waals surface area contributed by atoms with Gasteiger partial charge in [-0.1, -0.05) is 0 Å². The zero-order valence-electron chi connectivity index (χ0n) is 18.6. The van der Waals surface area contributed by atoms with E-state index >= 15 is 0 Å². The second-order valence-corrected chi connectivity index (χ2v) is 7.31. The SMILES string of the molecule is CCOc1ccc(C(=O)C(C)OC(=O)CCc2c(C)c3ccc(OC)cc3oc2=O)cc1. The number of fused-ring (bicyclic) bond motifs is 1. The van der Waals surface area contributed by atoms with Gasteiger partial charge in [-0.3, -0.25) is 9.59 Å². The van der Waals surface area contributed by atoms with Crippen LogP contribution >= 0.6 is 0 Å². The number of aryl methyl sites for hydroxylation is 1. The monoisotopic (exact) mass is 438 g/mol. The molecule has 0 spiro atoms. The minimum Gasteiger partial charge on any atom is -0.497 e. The van der Waals surface area contributed by atoms with Crippen LogP contribution in [0.3, 0.4) is 0 Å². The molecule has 32 heavy (non-hydrogen) atoms. The largest absolute Gasteiger partial charge is 0.497 e. The van der Waals surface area contributed by atoms with Gasteiger partial charge in [0, 0.05) is 29.0 Å². The molecular weight excluding hydrogens is 412 g/mol. The maximum atomic E-state index is 12.5. The number of ether oxygens (including phenoxy) is 3. The standard InChI is InChI=1S/C25H26O7/c1-5-30-18-8-6-17(7-9-18)24(27)16(3)31-23(26)13-12-21-15(2)20-11-10-19(29-4)14-22(20)32-25(21)28/h6-11,14,16H,5,12-13H2,1-4H3. The molecule has 1 heterocycles. The zero-order valence-corrected chi connectivity index (χ0v) is 18.6. The molecule has 1 aromatic heterocycles. The van der Waals surface area contributed by atoms with Crippen molar-refractivity contribution in [2.45, 2.75) is 39.7 Å². The van der Waals surface area contributed by atoms with Crippen LogP contribution in [0.2, 0.25) is 0 Å². The number of hydrogen-bond acceptors (Lipinski definition) is 7. The summed E-state index contributed by atoms with van der Waals surface area (Å²) in [7, 11) is 1.54. The highest BCUT2D eigenvalue weighted by Gasteiger charge is 2.21. The third kappa shape index (κ3) is 5.17. The lowest BCUT2D eigenvalue weighted by Gasteiger charge is -2.13. The van der Waals surface area contributed by atoms with Crippen molar-refractivity contribution in [2.24, 2.45) is 0 Å². The van der Waals surface area contributed by atoms with Gasteiger partial charge in [-0.2, -0.15) is 0 Å². The molecule has 0 amide bonds. The van der Waals surface area contributed by atoms with Crippen LogP contribution in [-0.2, 0) is 16.0 Å². The molecule has 0 bridgehead atoms. The van der Waals surface area contributed by atoms with Gasteiger partial charge in [-0.05, 0) is 69.2 Å². The van der Waals surface area contributed by atoms with Crippen LogP contribution < -0.4 is 15.1 Å². The van der Waals surface area contributed by atoms with Crippen molar-refractivity contribution in [1.82, 2.24) is 0 Å². The van der Waals surface area contributed by atoms with Crippen LogP contribution in [0.25, 0.3) is 11.0 Å². The van der Waals surface area contributed by atoms with Crippen molar-refractivity contribution in [3.63, 3.8) is 0 Å². The van der Waals surface area contributed by atoms with Crippen LogP contribution in [0.4, 0.5) is 0 Å². The van der Waals surface area contributed by atoms with Gasteiger partial charge in [0.05, 0.1) is 13.7 Å². The van der Waals surface area contributed by atoms with Gasteiger partial charge in [0.25, 0.3) is 0 Å². The molecule has 0 aliphatic heterocycles. The summed E-state index contributed by atoms with van der Waals surface area (Å²) in [5.74, 6) is 0.376. The molecule has 0 saturated heterocycles. The van der Waals surface area contributed by atoms with E-state index in [1.165, 1.54) is 14.0 Å². The zero-order chi connectivity index (χ0) is 23.3. The maximum absolute atomic E-state index is 12.5. The van der Waals surface area contributed by atoms with Gasteiger partial charge in [-0.25, -0.2) is 4.79 Å². The summed E-state index contributed by atoms with van der Waals surface area (Å²) in [6, 6.07) is 11.9. The molecule has 3 aromatic rings. The van der Waals surface area contributed by atoms with Gasteiger partial charge >= 0.3 is 11.6 Å². The van der Waals surface area contributed by atoms with Gasteiger partial charge < -0.3 is 18.6 Å². The third-order valence-corrected chi connectivity index (χ3v) is 5.20. The summed E-state index contributed by atoms with van der Waals surface area (Å²) in [4.78, 5) is 37.3. The van der Waals surface area contributed by atoms with E-state index < -0.39 is 17.7 Å². The average molecular weight is 438 g/mol. The van der Waals surface area contributed by atoms with Gasteiger partial charge in [0.15, 0.2) is 6.10 Å². The Morgan fingerprint density at radius 1 is 1.06 bits per heavy atom. The summed E-state index contributed by atoms with van der Waals surface area (Å²) >= 11 is 0. The molecule has 0 aliphatic rings. The highest BCUT2D eigenvalue weighted by molar-refractivity contribution is 6.00. The Morgan fingerprint density at radius 2 is 1.75 bits per heavy atom. The lowest BCUT2D eigenvalue weighted by Crippen LogP contribution is -2.25. The fourth-order valence-electron chi connectivity index (χ4n) is 3.44. The Labute approximate surface area is 185 Å². The maximum Gasteiger partial charge on any atom is 0.339 e. The number of carbonyl (C=O) groups excluding carboxylic acids is 2. The third-order valence-electron chi connectivity index (χ3n) is 5.20. The predicted octanol–water partition coefficient (Wildman–Crippen LogP) is 4.26. The Morgan fingerprint density at radius 3 is 2.41 bits per heavy atom. The van der Waals surface area contributed by atoms with E-state index in [0.717, 1.165) is 10.9 Å². The molecular formula is C25H26O7. The lowest BCUT2D eigenvalue weighted by molar-refractivity contribution is -0.146. The van der Waals surface area contributed by atoms with E-state index in [1.54, 1.807) is 36.4 Å². The molecule has 1 atom stereocenters. The molecule has 0 N–H and O–H groups in total. The molecule has 3 rings (SSSR count). The van der Waals surface area contributed by atoms with E-state index in [0.29, 0.717) is 34.8 Å². The molecule has 2 aromatic carbocycles. The molecule has 1 unspecified atom stereocenters. The smallest absolute Gasteiger partial charge is 0.339 e. The quantitative estimate of drug-likeness (QED) is 0.280. The molecule has 0 radical (unpaired) electrons. The van der Waals surface area contributed by atoms with Gasteiger partial charge in [-0.15, -0.1) is 0 Å². The van der Waals surface area contributed by atoms with Crippen molar-refractivity contribution in [1.29, 1.82) is 0 Å². The van der Waals surface area contributed by atoms with Crippen LogP contribution in [-0.4, -0.2) is 31.6 Å². The summed E-state index contributed by atoms with van der Waals surface area (Å²) in [6.45, 7) is 5.75. The average Bonchev–Trinajstić information content (AvgIpc) is 2.78. The number of ketones is 1. The highest BCUT2D eigenvalue weighted by atomic mass is 16.5. The Hall–Kier alpha value is -3.61. The summed E-state index contributed by atoms with van der Waals surface area (Å²) in [6.07, 6.45) is -0.838. The van der Waals surface area contributed by atoms with Crippen molar-refractivity contribution in [3.8, 4) is 11.5 Å². The topological polar surface area (TPSA) is 92.0 Å². The van der Waals surface area contributed by atoms with Crippen LogP contribution in [0.5, 0.6) is 11.5 Å². The second kappa shape index (κ2) is 10.1. The van der Waals surface area contributed by atoms with Crippen LogP contribution in [0.15, 0.2) is 51.7 Å². The summed E-state index contributed by atoms with van der Waals surface area (Å²) in [5, 5.41) is 0.771. The predicted molar refractivity (Wildman–Crippen MR) is 120 cm³/mol. The van der Waals surface area contributed by atoms with E-state index in [1.807, 2.05) is 19.9 Å². The number of methoxy groups -OCH3 is 1. The first-order valence-electron chi connectivity index (χ1n) is 10.4. The molecule has 7 nitrogen and oxygen atoms in total. The summed E-state index contributed by atoms with van der Waals surface area (Å²) < 4.78 is 21.2. The fraction of sp³-hybridized carbons (Fsp3) is 0.320. The number of benzene rings is 2. The lowest BCUT2D eigenvalue weighted by atomic mass is 10.0. The van der Waals surface area contributed by atoms with E-state index in [2.05, 4.69) is 0 Å². The molecule has 168 valence electrons. The highest BCUT2D eigenvalue weighted by Crippen LogP contribution is 2.24. The van der Waals surface area contributed by atoms with E-state index in [-0.39, 0.29) is 18.6 Å². The van der Waals surface area contributed by atoms with Crippen molar-refractivity contribution >= 4 is 22.7 Å². The molecule has 0 saturated carbocycles. The Bertz CT molecular complexity index is 1180. The van der Waals surface area contributed by atoms with Crippen LogP contribution in [0, 0.1) is 6.92 Å². The normalized spacial score (nSPS) is 11.8. The van der Waals surface area contributed by atoms with Crippen LogP contribution in [0.1, 0.15) is 41.8 Å². The first kappa shape index (κ1) is 23.1. The Balaban J connectivity index is 1.64. The number of esters is 1. The number of hydrogen-bond donors (Lipinski definition) is 0. The van der Waals surface area contributed by atoms with Gasteiger partial charge in [0.1, 0.15) is 17.1 Å². The van der Waals surface area contributed by atoms with E-state index in [9.17, 15) is 14.4 Å². The first-order valence-corrected chi connectivity index (χ1v) is 10.4. The first-order chi connectivity index (χ1) is 15.3. The van der Waals surface area contributed by atoms with Crippen molar-refractivity contribution < 1.29 is 28.2 Å². The minimum absolute atomic E-state index is 0.0475. The van der Waals surface area contributed by atoms with Crippen molar-refractivity contribution in [2.75, 3.05) is 13.7 Å². The second-order valence-electron chi connectivity index (χ2n) is 7.31. The molecule has 0 fully saturated rings. The Kier molecular flexibility index (Phi) is 7.30. The number of Topliss-reactive ketones (excluding diaryl/α,β-unsaturated/α-hetero) is 1. The van der Waals surface area contributed by atoms with Gasteiger partial charge in [0.2, 0.25) is 5.78 Å². The summed E-state index contributed by atoms with van der Waals surface area (Å²) in [5.41, 5.74) is 1.49. The minimum atomic E-state index is -0.943. The molecule has 7 heteroatoms. The number of rotatable bonds is 9. The van der Waals surface area contributed by atoms with Crippen molar-refractivity contribution in [3.05, 3.63) is 69.6 Å². The number of carbonyl (C=O) groups is 2. The molecule has 0 aliphatic carbocycles. The fourth-order valence-corrected chi connectivity index (χ4v) is 3.44.